The van der Waals surface area contributed by atoms with Gasteiger partial charge in [0.25, 0.3) is 5.91 Å². The smallest absolute Gasteiger partial charge is 0.276 e. The number of aromatic nitrogens is 1. The number of nitrogens with one attached hydrogen (secondary N) is 1. The molecule has 1 aromatic rings. The molecule has 3 rings (SSSR count). The van der Waals surface area contributed by atoms with E-state index in [4.69, 9.17) is 5.21 Å². The van der Waals surface area contributed by atoms with Crippen molar-refractivity contribution in [2.75, 3.05) is 0 Å². The molecule has 1 aliphatic heterocycles. The fraction of sp³-hybridized carbons (Fsp3) is 0.600. The second-order valence-electron chi connectivity index (χ2n) is 5.79. The molecule has 1 amide bonds. The fourth-order valence-corrected chi connectivity index (χ4v) is 3.24. The normalized spacial score (nSPS) is 23.0. The molecule has 20 heavy (non-hydrogen) atoms. The molecule has 108 valence electrons. The number of pyridine rings is 1. The zero-order valence-corrected chi connectivity index (χ0v) is 11.8. The number of nitrogens with zero attached hydrogens (tertiary/aromatic N) is 2. The van der Waals surface area contributed by atoms with Gasteiger partial charge >= 0.3 is 0 Å². The summed E-state index contributed by atoms with van der Waals surface area (Å²) >= 11 is 0. The monoisotopic (exact) mass is 275 g/mol. The van der Waals surface area contributed by atoms with Gasteiger partial charge in [0.15, 0.2) is 0 Å². The number of carbonyl (C=O) groups excluding carboxylic acids is 1. The van der Waals surface area contributed by atoms with Gasteiger partial charge in [0, 0.05) is 36.9 Å². The molecule has 0 radical (unpaired) electrons. The standard InChI is InChI=1S/C15H21N3O2/c1-2-12-7-14-11(9-18(12)13-4-3-5-13)6-10(8-16-14)15(19)17-20/h6,8,12-13,20H,2-5,7,9H2,1H3,(H,17,19)/t12-/m0/s1. The largest absolute Gasteiger partial charge is 0.293 e. The van der Waals surface area contributed by atoms with Crippen LogP contribution in [-0.4, -0.2) is 33.1 Å². The van der Waals surface area contributed by atoms with Crippen LogP contribution in [0, 0.1) is 0 Å². The number of amides is 1. The quantitative estimate of drug-likeness (QED) is 0.653. The van der Waals surface area contributed by atoms with Crippen LogP contribution in [0.25, 0.3) is 0 Å². The average Bonchev–Trinajstić information content (AvgIpc) is 2.43. The van der Waals surface area contributed by atoms with Crippen molar-refractivity contribution in [1.29, 1.82) is 0 Å². The minimum Gasteiger partial charge on any atom is -0.293 e. The molecule has 1 aromatic heterocycles. The highest BCUT2D eigenvalue weighted by molar-refractivity contribution is 5.93. The van der Waals surface area contributed by atoms with E-state index in [0.29, 0.717) is 17.6 Å². The fourth-order valence-electron chi connectivity index (χ4n) is 3.24. The summed E-state index contributed by atoms with van der Waals surface area (Å²) in [6, 6.07) is 3.13. The lowest BCUT2D eigenvalue weighted by molar-refractivity contribution is 0.0588. The van der Waals surface area contributed by atoms with Crippen LogP contribution in [0.4, 0.5) is 0 Å². The summed E-state index contributed by atoms with van der Waals surface area (Å²) in [7, 11) is 0. The molecule has 0 aromatic carbocycles. The number of carbonyl (C=O) groups is 1. The number of fused-ring (bicyclic) bond motifs is 1. The van der Waals surface area contributed by atoms with Crippen molar-refractivity contribution in [3.8, 4) is 0 Å². The molecule has 2 heterocycles. The molecule has 0 spiro atoms. The van der Waals surface area contributed by atoms with Crippen LogP contribution in [0.1, 0.15) is 54.2 Å². The summed E-state index contributed by atoms with van der Waals surface area (Å²) in [6.45, 7) is 3.10. The Morgan fingerprint density at radius 2 is 2.35 bits per heavy atom. The van der Waals surface area contributed by atoms with Gasteiger partial charge < -0.3 is 0 Å². The Bertz CT molecular complexity index is 514. The highest BCUT2D eigenvalue weighted by Gasteiger charge is 2.34. The second-order valence-corrected chi connectivity index (χ2v) is 5.79. The van der Waals surface area contributed by atoms with Crippen molar-refractivity contribution < 1.29 is 10.0 Å². The Balaban J connectivity index is 1.87. The molecule has 1 saturated carbocycles. The maximum Gasteiger partial charge on any atom is 0.276 e. The first-order chi connectivity index (χ1) is 9.72. The highest BCUT2D eigenvalue weighted by Crippen LogP contribution is 2.33. The maximum atomic E-state index is 11.5. The Morgan fingerprint density at radius 3 is 2.95 bits per heavy atom. The molecule has 1 fully saturated rings. The highest BCUT2D eigenvalue weighted by atomic mass is 16.5. The summed E-state index contributed by atoms with van der Waals surface area (Å²) in [6.07, 6.45) is 7.55. The van der Waals surface area contributed by atoms with E-state index in [1.807, 2.05) is 6.07 Å². The van der Waals surface area contributed by atoms with E-state index in [2.05, 4.69) is 16.8 Å². The Labute approximate surface area is 119 Å². The third-order valence-corrected chi connectivity index (χ3v) is 4.69. The molecular formula is C15H21N3O2. The summed E-state index contributed by atoms with van der Waals surface area (Å²) in [4.78, 5) is 18.5. The van der Waals surface area contributed by atoms with Crippen molar-refractivity contribution in [2.45, 2.75) is 57.7 Å². The Kier molecular flexibility index (Phi) is 3.72. The summed E-state index contributed by atoms with van der Waals surface area (Å²) in [5.41, 5.74) is 4.32. The first-order valence-electron chi connectivity index (χ1n) is 7.41. The van der Waals surface area contributed by atoms with E-state index in [0.717, 1.165) is 30.6 Å². The van der Waals surface area contributed by atoms with E-state index in [1.165, 1.54) is 19.3 Å². The van der Waals surface area contributed by atoms with Gasteiger partial charge in [-0.1, -0.05) is 13.3 Å². The maximum absolute atomic E-state index is 11.5. The van der Waals surface area contributed by atoms with Gasteiger partial charge in [-0.25, -0.2) is 5.48 Å². The van der Waals surface area contributed by atoms with Gasteiger partial charge in [-0.05, 0) is 30.9 Å². The zero-order chi connectivity index (χ0) is 14.1. The molecule has 0 saturated heterocycles. The lowest BCUT2D eigenvalue weighted by Gasteiger charge is -2.45. The van der Waals surface area contributed by atoms with Crippen LogP contribution >= 0.6 is 0 Å². The predicted octanol–water partition coefficient (Wildman–Crippen LogP) is 1.89. The van der Waals surface area contributed by atoms with Gasteiger partial charge in [0.05, 0.1) is 5.56 Å². The summed E-state index contributed by atoms with van der Waals surface area (Å²) in [5.74, 6) is -0.492. The number of hydrogen-bond acceptors (Lipinski definition) is 4. The lowest BCUT2D eigenvalue weighted by Crippen LogP contribution is -2.49. The van der Waals surface area contributed by atoms with Crippen molar-refractivity contribution in [3.05, 3.63) is 29.1 Å². The Morgan fingerprint density at radius 1 is 1.55 bits per heavy atom. The van der Waals surface area contributed by atoms with E-state index >= 15 is 0 Å². The molecule has 2 aliphatic rings. The van der Waals surface area contributed by atoms with E-state index in [-0.39, 0.29) is 0 Å². The van der Waals surface area contributed by atoms with E-state index < -0.39 is 5.91 Å². The first-order valence-corrected chi connectivity index (χ1v) is 7.41. The minimum absolute atomic E-state index is 0.426. The molecule has 5 heteroatoms. The third kappa shape index (κ3) is 2.31. The number of rotatable bonds is 3. The van der Waals surface area contributed by atoms with Crippen LogP contribution in [-0.2, 0) is 13.0 Å². The second kappa shape index (κ2) is 5.50. The molecule has 1 aliphatic carbocycles. The molecule has 1 atom stereocenters. The summed E-state index contributed by atoms with van der Waals surface area (Å²) < 4.78 is 0. The van der Waals surface area contributed by atoms with Crippen molar-refractivity contribution in [2.24, 2.45) is 0 Å². The SMILES string of the molecule is CC[C@H]1Cc2ncc(C(=O)NO)cc2CN1C1CCC1. The van der Waals surface area contributed by atoms with Gasteiger partial charge in [-0.3, -0.25) is 19.9 Å². The van der Waals surface area contributed by atoms with Gasteiger partial charge in [0.1, 0.15) is 0 Å². The van der Waals surface area contributed by atoms with Crippen LogP contribution in [0.15, 0.2) is 12.3 Å². The van der Waals surface area contributed by atoms with Crippen molar-refractivity contribution in [1.82, 2.24) is 15.4 Å². The Hall–Kier alpha value is -1.46. The van der Waals surface area contributed by atoms with Crippen LogP contribution < -0.4 is 5.48 Å². The molecule has 2 N–H and O–H groups in total. The van der Waals surface area contributed by atoms with Gasteiger partial charge in [0.2, 0.25) is 0 Å². The van der Waals surface area contributed by atoms with Crippen LogP contribution in [0.3, 0.4) is 0 Å². The minimum atomic E-state index is -0.492. The van der Waals surface area contributed by atoms with Gasteiger partial charge in [-0.2, -0.15) is 0 Å². The zero-order valence-electron chi connectivity index (χ0n) is 11.8. The third-order valence-electron chi connectivity index (χ3n) is 4.69. The van der Waals surface area contributed by atoms with E-state index in [9.17, 15) is 4.79 Å². The van der Waals surface area contributed by atoms with Crippen molar-refractivity contribution >= 4 is 5.91 Å². The van der Waals surface area contributed by atoms with Crippen LogP contribution in [0.5, 0.6) is 0 Å². The summed E-state index contributed by atoms with van der Waals surface area (Å²) in [5, 5.41) is 8.72. The van der Waals surface area contributed by atoms with E-state index in [1.54, 1.807) is 11.7 Å². The predicted molar refractivity (Wildman–Crippen MR) is 74.5 cm³/mol. The number of hydrogen-bond donors (Lipinski definition) is 2. The molecule has 0 unspecified atom stereocenters. The molecule has 0 bridgehead atoms. The van der Waals surface area contributed by atoms with Gasteiger partial charge in [-0.15, -0.1) is 0 Å². The number of hydroxylamine groups is 1. The molecule has 5 nitrogen and oxygen atoms in total. The average molecular weight is 275 g/mol. The molecular weight excluding hydrogens is 254 g/mol. The lowest BCUT2D eigenvalue weighted by atomic mass is 9.86. The van der Waals surface area contributed by atoms with Crippen LogP contribution in [0.2, 0.25) is 0 Å². The topological polar surface area (TPSA) is 65.5 Å². The van der Waals surface area contributed by atoms with Crippen molar-refractivity contribution in [3.63, 3.8) is 0 Å². The first kappa shape index (κ1) is 13.5.